The zero-order valence-electron chi connectivity index (χ0n) is 21.2. The molecule has 7 nitrogen and oxygen atoms in total. The summed E-state index contributed by atoms with van der Waals surface area (Å²) in [4.78, 5) is 17.9. The van der Waals surface area contributed by atoms with Gasteiger partial charge in [0.25, 0.3) is 5.91 Å². The molecule has 7 heteroatoms. The number of carbonyl (C=O) groups excluding carboxylic acids is 1. The Labute approximate surface area is 217 Å². The molecule has 5 rings (SSSR count). The van der Waals surface area contributed by atoms with Crippen molar-refractivity contribution in [2.45, 2.75) is 45.2 Å². The Hall–Kier alpha value is -3.81. The first-order valence-electron chi connectivity index (χ1n) is 12.9. The summed E-state index contributed by atoms with van der Waals surface area (Å²) < 4.78 is 1.63. The average molecular weight is 496 g/mol. The van der Waals surface area contributed by atoms with Gasteiger partial charge in [0.1, 0.15) is 5.82 Å². The van der Waals surface area contributed by atoms with Crippen LogP contribution in [0.5, 0.6) is 0 Å². The monoisotopic (exact) mass is 495 g/mol. The largest absolute Gasteiger partial charge is 0.395 e. The third kappa shape index (κ3) is 5.79. The number of aliphatic hydroxyl groups is 1. The van der Waals surface area contributed by atoms with Crippen LogP contribution in [0, 0.1) is 6.92 Å². The molecule has 1 amide bonds. The van der Waals surface area contributed by atoms with E-state index in [9.17, 15) is 9.90 Å². The smallest absolute Gasteiger partial charge is 0.288 e. The van der Waals surface area contributed by atoms with E-state index in [0.717, 1.165) is 31.6 Å². The number of benzene rings is 3. The number of hydrogen-bond donors (Lipinski definition) is 2. The summed E-state index contributed by atoms with van der Waals surface area (Å²) in [6, 6.07) is 25.9. The van der Waals surface area contributed by atoms with E-state index in [4.69, 9.17) is 5.73 Å². The van der Waals surface area contributed by atoms with Gasteiger partial charge in [-0.2, -0.15) is 0 Å². The summed E-state index contributed by atoms with van der Waals surface area (Å²) >= 11 is 0. The summed E-state index contributed by atoms with van der Waals surface area (Å²) in [6.45, 7) is 4.00. The van der Waals surface area contributed by atoms with Crippen molar-refractivity contribution in [3.63, 3.8) is 0 Å². The minimum absolute atomic E-state index is 0.0219. The Balaban J connectivity index is 1.21. The summed E-state index contributed by atoms with van der Waals surface area (Å²) in [7, 11) is 0. The van der Waals surface area contributed by atoms with Crippen LogP contribution in [0.4, 0.5) is 0 Å². The lowest BCUT2D eigenvalue weighted by atomic mass is 9.98. The van der Waals surface area contributed by atoms with E-state index >= 15 is 0 Å². The van der Waals surface area contributed by atoms with Crippen molar-refractivity contribution < 1.29 is 9.90 Å². The number of aromatic nitrogens is 3. The highest BCUT2D eigenvalue weighted by Gasteiger charge is 2.21. The molecule has 1 aliphatic rings. The number of hydrogen-bond acceptors (Lipinski definition) is 5. The molecule has 190 valence electrons. The molecule has 0 unspecified atom stereocenters. The fourth-order valence-corrected chi connectivity index (χ4v) is 5.06. The van der Waals surface area contributed by atoms with Crippen LogP contribution in [0.1, 0.15) is 52.4 Å². The van der Waals surface area contributed by atoms with Gasteiger partial charge in [0, 0.05) is 12.6 Å². The summed E-state index contributed by atoms with van der Waals surface area (Å²) in [5.74, 6) is 0.00571. The van der Waals surface area contributed by atoms with E-state index in [2.05, 4.69) is 75.6 Å². The highest BCUT2D eigenvalue weighted by Crippen LogP contribution is 2.24. The molecule has 0 spiro atoms. The first-order chi connectivity index (χ1) is 18.0. The average Bonchev–Trinajstić information content (AvgIpc) is 3.32. The van der Waals surface area contributed by atoms with Gasteiger partial charge < -0.3 is 10.8 Å². The quantitative estimate of drug-likeness (QED) is 0.380. The van der Waals surface area contributed by atoms with Crippen molar-refractivity contribution in [3.05, 3.63) is 101 Å². The Morgan fingerprint density at radius 1 is 0.919 bits per heavy atom. The number of aliphatic hydroxyl groups excluding tert-OH is 1. The second-order valence-electron chi connectivity index (χ2n) is 9.80. The van der Waals surface area contributed by atoms with Gasteiger partial charge in [-0.05, 0) is 72.7 Å². The minimum atomic E-state index is -0.633. The molecule has 0 aliphatic carbocycles. The van der Waals surface area contributed by atoms with E-state index in [1.54, 1.807) is 11.6 Å². The molecule has 0 bridgehead atoms. The Bertz CT molecular complexity index is 1340. The van der Waals surface area contributed by atoms with Gasteiger partial charge in [-0.1, -0.05) is 67.1 Å². The van der Waals surface area contributed by atoms with E-state index in [0.29, 0.717) is 11.9 Å². The topological polar surface area (TPSA) is 97.3 Å². The highest BCUT2D eigenvalue weighted by atomic mass is 16.3. The molecule has 1 saturated heterocycles. The van der Waals surface area contributed by atoms with Crippen LogP contribution in [0.25, 0.3) is 16.8 Å². The van der Waals surface area contributed by atoms with E-state index in [1.807, 2.05) is 12.1 Å². The fourth-order valence-electron chi connectivity index (χ4n) is 5.06. The highest BCUT2D eigenvalue weighted by molar-refractivity contribution is 5.88. The molecular weight excluding hydrogens is 462 g/mol. The van der Waals surface area contributed by atoms with Crippen molar-refractivity contribution in [3.8, 4) is 16.8 Å². The van der Waals surface area contributed by atoms with Crippen molar-refractivity contribution >= 4 is 5.91 Å². The van der Waals surface area contributed by atoms with E-state index in [-0.39, 0.29) is 12.4 Å². The second kappa shape index (κ2) is 11.1. The van der Waals surface area contributed by atoms with Crippen LogP contribution >= 0.6 is 0 Å². The van der Waals surface area contributed by atoms with Gasteiger partial charge in [0.15, 0.2) is 0 Å². The molecule has 3 aromatic carbocycles. The van der Waals surface area contributed by atoms with Crippen LogP contribution in [-0.2, 0) is 13.0 Å². The Morgan fingerprint density at radius 3 is 2.08 bits per heavy atom. The van der Waals surface area contributed by atoms with Gasteiger partial charge in [-0.3, -0.25) is 9.69 Å². The predicted octanol–water partition coefficient (Wildman–Crippen LogP) is 4.28. The summed E-state index contributed by atoms with van der Waals surface area (Å²) in [5.41, 5.74) is 12.3. The van der Waals surface area contributed by atoms with Gasteiger partial charge in [-0.25, -0.2) is 9.67 Å². The summed E-state index contributed by atoms with van der Waals surface area (Å²) in [6.07, 6.45) is 4.34. The standard InChI is InChI=1S/C30H33N5O2/c1-21-32-30(29(31)37)33-35(21)27-15-9-23(10-16-27)18-22-5-11-25(12-6-22)26-13-7-24(8-14-26)19-34-17-3-2-4-28(34)20-36/h5-16,28,36H,2-4,17-20H2,1H3,(H2,31,37)/t28-/m0/s1. The molecule has 0 saturated carbocycles. The molecule has 1 aliphatic heterocycles. The number of carbonyl (C=O) groups is 1. The van der Waals surface area contributed by atoms with Gasteiger partial charge in [-0.15, -0.1) is 5.10 Å². The number of rotatable bonds is 8. The first-order valence-corrected chi connectivity index (χ1v) is 12.9. The van der Waals surface area contributed by atoms with Crippen LogP contribution < -0.4 is 5.73 Å². The van der Waals surface area contributed by atoms with Crippen molar-refractivity contribution in [1.29, 1.82) is 0 Å². The van der Waals surface area contributed by atoms with Gasteiger partial charge >= 0.3 is 0 Å². The molecule has 37 heavy (non-hydrogen) atoms. The van der Waals surface area contributed by atoms with Crippen LogP contribution in [0.3, 0.4) is 0 Å². The predicted molar refractivity (Wildman–Crippen MR) is 144 cm³/mol. The lowest BCUT2D eigenvalue weighted by Crippen LogP contribution is -2.41. The molecule has 1 aromatic heterocycles. The third-order valence-electron chi connectivity index (χ3n) is 7.17. The minimum Gasteiger partial charge on any atom is -0.395 e. The molecule has 4 aromatic rings. The van der Waals surface area contributed by atoms with E-state index < -0.39 is 5.91 Å². The molecule has 1 fully saturated rings. The Kier molecular flexibility index (Phi) is 7.44. The van der Waals surface area contributed by atoms with Gasteiger partial charge in [0.2, 0.25) is 5.82 Å². The van der Waals surface area contributed by atoms with Crippen molar-refractivity contribution in [2.75, 3.05) is 13.2 Å². The lowest BCUT2D eigenvalue weighted by molar-refractivity contribution is 0.0841. The van der Waals surface area contributed by atoms with Crippen LogP contribution in [-0.4, -0.2) is 49.9 Å². The van der Waals surface area contributed by atoms with Crippen molar-refractivity contribution in [2.24, 2.45) is 5.73 Å². The molecular formula is C30H33N5O2. The van der Waals surface area contributed by atoms with Crippen LogP contribution in [0.15, 0.2) is 72.8 Å². The molecule has 3 N–H and O–H groups in total. The maximum Gasteiger partial charge on any atom is 0.288 e. The maximum absolute atomic E-state index is 11.4. The zero-order chi connectivity index (χ0) is 25.8. The normalized spacial score (nSPS) is 16.1. The first kappa shape index (κ1) is 24.9. The van der Waals surface area contributed by atoms with Crippen molar-refractivity contribution in [1.82, 2.24) is 19.7 Å². The number of nitrogens with zero attached hydrogens (tertiary/aromatic N) is 4. The fraction of sp³-hybridized carbons (Fsp3) is 0.300. The lowest BCUT2D eigenvalue weighted by Gasteiger charge is -2.34. The second-order valence-corrected chi connectivity index (χ2v) is 9.80. The van der Waals surface area contributed by atoms with Gasteiger partial charge in [0.05, 0.1) is 12.3 Å². The number of aryl methyl sites for hydroxylation is 1. The molecule has 1 atom stereocenters. The van der Waals surface area contributed by atoms with E-state index in [1.165, 1.54) is 40.7 Å². The molecule has 2 heterocycles. The summed E-state index contributed by atoms with van der Waals surface area (Å²) in [5, 5.41) is 13.9. The van der Waals surface area contributed by atoms with Crippen LogP contribution in [0.2, 0.25) is 0 Å². The maximum atomic E-state index is 11.4. The number of amides is 1. The SMILES string of the molecule is Cc1nc(C(N)=O)nn1-c1ccc(Cc2ccc(-c3ccc(CN4CCCC[C@H]4CO)cc3)cc2)cc1. The zero-order valence-corrected chi connectivity index (χ0v) is 21.2. The number of likely N-dealkylation sites (tertiary alicyclic amines) is 1. The third-order valence-corrected chi connectivity index (χ3v) is 7.17. The number of primary amides is 1. The number of piperidine rings is 1. The Morgan fingerprint density at radius 2 is 1.51 bits per heavy atom. The number of nitrogens with two attached hydrogens (primary N) is 1. The molecule has 0 radical (unpaired) electrons.